The van der Waals surface area contributed by atoms with Crippen molar-refractivity contribution in [2.45, 2.75) is 26.8 Å². The van der Waals surface area contributed by atoms with Gasteiger partial charge in [-0.25, -0.2) is 4.39 Å². The summed E-state index contributed by atoms with van der Waals surface area (Å²) in [7, 11) is 0. The summed E-state index contributed by atoms with van der Waals surface area (Å²) >= 11 is 0. The Morgan fingerprint density at radius 2 is 2.22 bits per heavy atom. The smallest absolute Gasteiger partial charge is 0.165 e. The van der Waals surface area contributed by atoms with Crippen molar-refractivity contribution in [1.82, 2.24) is 5.32 Å². The highest BCUT2D eigenvalue weighted by Crippen LogP contribution is 2.22. The second-order valence-electron chi connectivity index (χ2n) is 4.56. The van der Waals surface area contributed by atoms with Gasteiger partial charge in [-0.05, 0) is 18.5 Å². The van der Waals surface area contributed by atoms with Crippen LogP contribution >= 0.6 is 0 Å². The number of ether oxygens (including phenoxy) is 1. The van der Waals surface area contributed by atoms with Crippen LogP contribution in [0.4, 0.5) is 4.39 Å². The van der Waals surface area contributed by atoms with Crippen LogP contribution < -0.4 is 10.1 Å². The summed E-state index contributed by atoms with van der Waals surface area (Å²) in [4.78, 5) is 0. The fourth-order valence-corrected chi connectivity index (χ4v) is 1.56. The molecule has 0 saturated carbocycles. The number of rotatable bonds is 7. The predicted octanol–water partition coefficient (Wildman–Crippen LogP) is 2.97. The molecule has 1 rings (SSSR count). The summed E-state index contributed by atoms with van der Waals surface area (Å²) in [5.41, 5.74) is 0.827. The van der Waals surface area contributed by atoms with E-state index in [1.165, 1.54) is 6.07 Å². The van der Waals surface area contributed by atoms with Crippen LogP contribution in [0.2, 0.25) is 0 Å². The van der Waals surface area contributed by atoms with E-state index in [1.54, 1.807) is 6.07 Å². The minimum Gasteiger partial charge on any atom is -0.489 e. The first-order chi connectivity index (χ1) is 8.65. The van der Waals surface area contributed by atoms with Crippen molar-refractivity contribution in [2.75, 3.05) is 13.2 Å². The average molecular weight is 249 g/mol. The summed E-state index contributed by atoms with van der Waals surface area (Å²) in [6.07, 6.45) is 5.63. The van der Waals surface area contributed by atoms with Gasteiger partial charge in [-0.2, -0.15) is 0 Å². The normalized spacial score (nSPS) is 10.4. The zero-order chi connectivity index (χ0) is 13.4. The Bertz CT molecular complexity index is 409. The van der Waals surface area contributed by atoms with E-state index in [9.17, 15) is 4.39 Å². The molecule has 1 aromatic carbocycles. The summed E-state index contributed by atoms with van der Waals surface area (Å²) < 4.78 is 19.1. The Labute approximate surface area is 109 Å². The van der Waals surface area contributed by atoms with Gasteiger partial charge in [-0.1, -0.05) is 26.0 Å². The zero-order valence-corrected chi connectivity index (χ0v) is 11.0. The molecule has 0 aliphatic carbocycles. The minimum absolute atomic E-state index is 0.309. The largest absolute Gasteiger partial charge is 0.489 e. The average Bonchev–Trinajstić information content (AvgIpc) is 2.32. The number of benzene rings is 1. The Morgan fingerprint density at radius 1 is 1.44 bits per heavy atom. The van der Waals surface area contributed by atoms with Crippen molar-refractivity contribution in [3.63, 3.8) is 0 Å². The van der Waals surface area contributed by atoms with Crippen LogP contribution in [-0.2, 0) is 6.54 Å². The number of hydrogen-bond acceptors (Lipinski definition) is 2. The predicted molar refractivity (Wildman–Crippen MR) is 71.9 cm³/mol. The van der Waals surface area contributed by atoms with Crippen molar-refractivity contribution in [3.8, 4) is 18.1 Å². The fourth-order valence-electron chi connectivity index (χ4n) is 1.56. The molecule has 0 aliphatic heterocycles. The summed E-state index contributed by atoms with van der Waals surface area (Å²) in [5, 5.41) is 3.27. The number of nitrogens with one attached hydrogen (secondary N) is 1. The van der Waals surface area contributed by atoms with Crippen LogP contribution in [0, 0.1) is 24.1 Å². The standard InChI is InChI=1S/C15H20FNO/c1-4-5-9-18-15-13(7-6-8-14(15)16)11-17-10-12(2)3/h1,6-8,12,17H,5,9-11H2,2-3H3. The van der Waals surface area contributed by atoms with E-state index in [0.717, 1.165) is 12.1 Å². The maximum atomic E-state index is 13.7. The van der Waals surface area contributed by atoms with Gasteiger partial charge in [0.15, 0.2) is 11.6 Å². The van der Waals surface area contributed by atoms with E-state index in [2.05, 4.69) is 25.1 Å². The second kappa shape index (κ2) is 7.73. The number of halogens is 1. The molecular weight excluding hydrogens is 229 g/mol. The third-order valence-corrected chi connectivity index (χ3v) is 2.41. The lowest BCUT2D eigenvalue weighted by Gasteiger charge is -2.13. The molecule has 0 bridgehead atoms. The monoisotopic (exact) mass is 249 g/mol. The molecule has 0 unspecified atom stereocenters. The summed E-state index contributed by atoms with van der Waals surface area (Å²) in [6, 6.07) is 4.95. The lowest BCUT2D eigenvalue weighted by atomic mass is 10.1. The Kier molecular flexibility index (Phi) is 6.24. The molecule has 0 heterocycles. The summed E-state index contributed by atoms with van der Waals surface area (Å²) in [5.74, 6) is 3.00. The molecule has 0 aliphatic rings. The van der Waals surface area contributed by atoms with Crippen LogP contribution in [0.5, 0.6) is 5.75 Å². The highest BCUT2D eigenvalue weighted by molar-refractivity contribution is 5.34. The van der Waals surface area contributed by atoms with Crippen molar-refractivity contribution >= 4 is 0 Å². The van der Waals surface area contributed by atoms with Crippen LogP contribution in [-0.4, -0.2) is 13.2 Å². The molecule has 0 fully saturated rings. The lowest BCUT2D eigenvalue weighted by molar-refractivity contribution is 0.305. The highest BCUT2D eigenvalue weighted by Gasteiger charge is 2.09. The van der Waals surface area contributed by atoms with Gasteiger partial charge >= 0.3 is 0 Å². The Morgan fingerprint density at radius 3 is 2.89 bits per heavy atom. The first-order valence-electron chi connectivity index (χ1n) is 6.19. The van der Waals surface area contributed by atoms with E-state index in [0.29, 0.717) is 31.2 Å². The third kappa shape index (κ3) is 4.77. The molecule has 0 spiro atoms. The highest BCUT2D eigenvalue weighted by atomic mass is 19.1. The van der Waals surface area contributed by atoms with Gasteiger partial charge < -0.3 is 10.1 Å². The quantitative estimate of drug-likeness (QED) is 0.592. The molecular formula is C15H20FNO. The van der Waals surface area contributed by atoms with Crippen LogP contribution in [0.3, 0.4) is 0 Å². The lowest BCUT2D eigenvalue weighted by Crippen LogP contribution is -2.19. The van der Waals surface area contributed by atoms with Crippen molar-refractivity contribution < 1.29 is 9.13 Å². The molecule has 98 valence electrons. The molecule has 0 atom stereocenters. The van der Waals surface area contributed by atoms with Gasteiger partial charge in [0, 0.05) is 18.5 Å². The van der Waals surface area contributed by atoms with Crippen molar-refractivity contribution in [2.24, 2.45) is 5.92 Å². The maximum absolute atomic E-state index is 13.7. The van der Waals surface area contributed by atoms with Crippen LogP contribution in [0.1, 0.15) is 25.8 Å². The van der Waals surface area contributed by atoms with Gasteiger partial charge in [0.1, 0.15) is 0 Å². The molecule has 0 amide bonds. The summed E-state index contributed by atoms with van der Waals surface area (Å²) in [6.45, 7) is 6.09. The Balaban J connectivity index is 2.65. The van der Waals surface area contributed by atoms with Crippen LogP contribution in [0.25, 0.3) is 0 Å². The first-order valence-corrected chi connectivity index (χ1v) is 6.19. The molecule has 0 aromatic heterocycles. The van der Waals surface area contributed by atoms with Crippen LogP contribution in [0.15, 0.2) is 18.2 Å². The number of terminal acetylenes is 1. The third-order valence-electron chi connectivity index (χ3n) is 2.41. The van der Waals surface area contributed by atoms with E-state index in [-0.39, 0.29) is 5.82 Å². The number of hydrogen-bond donors (Lipinski definition) is 1. The molecule has 18 heavy (non-hydrogen) atoms. The molecule has 3 heteroatoms. The van der Waals surface area contributed by atoms with Crippen molar-refractivity contribution in [3.05, 3.63) is 29.6 Å². The SMILES string of the molecule is C#CCCOc1c(F)cccc1CNCC(C)C. The van der Waals surface area contributed by atoms with Gasteiger partial charge in [0.25, 0.3) is 0 Å². The van der Waals surface area contributed by atoms with Gasteiger partial charge in [0.2, 0.25) is 0 Å². The van der Waals surface area contributed by atoms with Gasteiger partial charge in [-0.3, -0.25) is 0 Å². The van der Waals surface area contributed by atoms with Gasteiger partial charge in [0.05, 0.1) is 6.61 Å². The van der Waals surface area contributed by atoms with E-state index >= 15 is 0 Å². The Hall–Kier alpha value is -1.53. The topological polar surface area (TPSA) is 21.3 Å². The molecule has 0 saturated heterocycles. The zero-order valence-electron chi connectivity index (χ0n) is 11.0. The first kappa shape index (κ1) is 14.5. The van der Waals surface area contributed by atoms with E-state index < -0.39 is 0 Å². The number of para-hydroxylation sites is 1. The molecule has 1 N–H and O–H groups in total. The molecule has 2 nitrogen and oxygen atoms in total. The molecule has 1 aromatic rings. The second-order valence-corrected chi connectivity index (χ2v) is 4.56. The van der Waals surface area contributed by atoms with Gasteiger partial charge in [-0.15, -0.1) is 12.3 Å². The molecule has 0 radical (unpaired) electrons. The fraction of sp³-hybridized carbons (Fsp3) is 0.467. The van der Waals surface area contributed by atoms with Crippen molar-refractivity contribution in [1.29, 1.82) is 0 Å². The van der Waals surface area contributed by atoms with E-state index in [4.69, 9.17) is 11.2 Å². The van der Waals surface area contributed by atoms with E-state index in [1.807, 2.05) is 6.07 Å². The minimum atomic E-state index is -0.337. The maximum Gasteiger partial charge on any atom is 0.165 e.